The summed E-state index contributed by atoms with van der Waals surface area (Å²) in [5, 5.41) is 24.9. The Labute approximate surface area is 417 Å². The standard InChI is InChI=1S/C53H57O9P4.Mo/c1-24-9-12-32(17-27(24)4)49-29(6)19-37-26(3)11-15-36(52(37)57-49)44-30(7)51(33-13-10-25(2)28(5)18-33)58-53-46(44)38(54)23-39(55)47(53)45-31(8)50(34-14-16-40(60-64)41(20-34)61-65)56-42-21-35(59-63)22-43(62-66)48(42)45;/h9-14,16-18,20-23,29-31,44-45,49-51,54-55H,19,63-66H2,1-8H3;/q-1;. The summed E-state index contributed by atoms with van der Waals surface area (Å²) in [5.74, 6) is 1.94. The number of aryl methyl sites for hydroxylation is 5. The monoisotopic (exact) mass is 1060 g/mol. The molecule has 14 heteroatoms. The van der Waals surface area contributed by atoms with Crippen LogP contribution in [0.5, 0.6) is 51.7 Å². The van der Waals surface area contributed by atoms with E-state index in [2.05, 4.69) is 142 Å². The second-order valence-electron chi connectivity index (χ2n) is 18.4. The van der Waals surface area contributed by atoms with Crippen LogP contribution in [0.1, 0.15) is 123 Å². The molecule has 3 heterocycles. The summed E-state index contributed by atoms with van der Waals surface area (Å²) in [4.78, 5) is 0. The van der Waals surface area contributed by atoms with Gasteiger partial charge in [0, 0.05) is 85.4 Å². The molecular weight excluding hydrogens is 1000 g/mol. The molecule has 12 unspecified atom stereocenters. The van der Waals surface area contributed by atoms with Gasteiger partial charge < -0.3 is 42.5 Å². The summed E-state index contributed by atoms with van der Waals surface area (Å²) >= 11 is 0. The van der Waals surface area contributed by atoms with Crippen LogP contribution >= 0.6 is 37.9 Å². The third kappa shape index (κ3) is 8.70. The molecule has 9 nitrogen and oxygen atoms in total. The fourth-order valence-corrected chi connectivity index (χ4v) is 11.3. The number of fused-ring (bicyclic) bond motifs is 3. The van der Waals surface area contributed by atoms with Crippen molar-refractivity contribution < 1.29 is 63.6 Å². The van der Waals surface area contributed by atoms with Gasteiger partial charge in [-0.25, -0.2) is 0 Å². The summed E-state index contributed by atoms with van der Waals surface area (Å²) in [6, 6.07) is 29.5. The van der Waals surface area contributed by atoms with Crippen molar-refractivity contribution in [1.82, 2.24) is 0 Å². The molecule has 9 rings (SSSR count). The van der Waals surface area contributed by atoms with E-state index in [-0.39, 0.29) is 56.4 Å². The van der Waals surface area contributed by atoms with E-state index in [1.54, 1.807) is 6.07 Å². The van der Waals surface area contributed by atoms with Crippen molar-refractivity contribution >= 4 is 37.9 Å². The smallest absolute Gasteiger partial charge is 0.165 e. The summed E-state index contributed by atoms with van der Waals surface area (Å²) in [6.45, 7) is 17.1. The third-order valence-corrected chi connectivity index (χ3v) is 15.4. The average Bonchev–Trinajstić information content (AvgIpc) is 3.31. The zero-order valence-corrected chi connectivity index (χ0v) is 45.4. The molecule has 3 aliphatic rings. The van der Waals surface area contributed by atoms with Crippen LogP contribution in [0, 0.1) is 58.4 Å². The minimum absolute atomic E-state index is 0. The largest absolute Gasteiger partial charge is 0.543 e. The van der Waals surface area contributed by atoms with Gasteiger partial charge in [-0.3, -0.25) is 0 Å². The van der Waals surface area contributed by atoms with Gasteiger partial charge >= 0.3 is 0 Å². The molecule has 2 N–H and O–H groups in total. The predicted molar refractivity (Wildman–Crippen MR) is 271 cm³/mol. The van der Waals surface area contributed by atoms with Crippen LogP contribution in [0.2, 0.25) is 0 Å². The van der Waals surface area contributed by atoms with Crippen molar-refractivity contribution in [1.29, 1.82) is 0 Å². The van der Waals surface area contributed by atoms with Crippen LogP contribution in [0.25, 0.3) is 0 Å². The van der Waals surface area contributed by atoms with Gasteiger partial charge in [0.15, 0.2) is 11.5 Å². The molecule has 350 valence electrons. The van der Waals surface area contributed by atoms with E-state index < -0.39 is 24.0 Å². The van der Waals surface area contributed by atoms with Crippen LogP contribution in [0.3, 0.4) is 0 Å². The Kier molecular flexibility index (Phi) is 14.5. The number of phenols is 2. The number of aromatic hydroxyl groups is 2. The summed E-state index contributed by atoms with van der Waals surface area (Å²) in [5.41, 5.74) is 12.5. The van der Waals surface area contributed by atoms with E-state index >= 15 is 0 Å². The second-order valence-corrected chi connectivity index (χ2v) is 19.4. The predicted octanol–water partition coefficient (Wildman–Crippen LogP) is 13.2. The first-order valence-corrected chi connectivity index (χ1v) is 24.1. The molecule has 0 aliphatic carbocycles. The van der Waals surface area contributed by atoms with E-state index in [0.717, 1.165) is 51.1 Å². The Morgan fingerprint density at radius 3 is 1.70 bits per heavy atom. The molecule has 6 aromatic rings. The van der Waals surface area contributed by atoms with E-state index in [4.69, 9.17) is 32.3 Å². The first-order chi connectivity index (χ1) is 31.7. The topological polar surface area (TPSA) is 105 Å². The second kappa shape index (κ2) is 19.7. The maximum atomic E-state index is 12.5. The van der Waals surface area contributed by atoms with Crippen LogP contribution in [-0.4, -0.2) is 10.2 Å². The molecule has 0 amide bonds. The minimum Gasteiger partial charge on any atom is -0.543 e. The number of rotatable bonds is 9. The van der Waals surface area contributed by atoms with E-state index in [9.17, 15) is 10.2 Å². The normalized spacial score (nSPS) is 22.6. The van der Waals surface area contributed by atoms with E-state index in [0.29, 0.717) is 51.2 Å². The number of benzene rings is 6. The minimum atomic E-state index is -0.614. The molecule has 3 aliphatic heterocycles. The Balaban J connectivity index is 0.00000608. The molecule has 67 heavy (non-hydrogen) atoms. The number of ether oxygens (including phenoxy) is 3. The number of phenolic OH excluding ortho intramolecular Hbond substituents is 2. The fraction of sp³-hybridized carbons (Fsp3) is 0.321. The van der Waals surface area contributed by atoms with Crippen molar-refractivity contribution in [2.75, 3.05) is 0 Å². The van der Waals surface area contributed by atoms with Crippen molar-refractivity contribution in [2.24, 2.45) is 17.8 Å². The van der Waals surface area contributed by atoms with Crippen LogP contribution < -0.4 is 32.3 Å². The summed E-state index contributed by atoms with van der Waals surface area (Å²) in [7, 11) is 9.20. The average molecular weight is 1060 g/mol. The van der Waals surface area contributed by atoms with E-state index in [1.807, 2.05) is 24.3 Å². The molecular formula is C53H57MoO9P4-. The molecule has 0 saturated heterocycles. The van der Waals surface area contributed by atoms with Crippen LogP contribution in [0.15, 0.2) is 78.9 Å². The zero-order chi connectivity index (χ0) is 46.9. The summed E-state index contributed by atoms with van der Waals surface area (Å²) in [6.07, 6.45) is -0.484. The SMILES string of the molecule is Cc1ccc(C2Oc3c(C4c5c(O)cc(O)c(C6c7c(OP)cc(OP)cc7OC(c7ccc(OP)c(OP)c7)C6C)c5OC(c5ccc(C)c(C)c5)C4C)[c-]cc(C)c3CC2C)cc1C.[Mo]. The molecule has 0 spiro atoms. The van der Waals surface area contributed by atoms with Gasteiger partial charge in [-0.2, -0.15) is 17.7 Å². The Hall–Kier alpha value is -4.07. The van der Waals surface area contributed by atoms with Gasteiger partial charge in [0.1, 0.15) is 52.8 Å². The van der Waals surface area contributed by atoms with E-state index in [1.165, 1.54) is 22.8 Å². The molecule has 12 atom stereocenters. The Bertz CT molecular complexity index is 2870. The first kappa shape index (κ1) is 49.4. The molecule has 0 fully saturated rings. The number of hydrogen-bond donors (Lipinski definition) is 2. The van der Waals surface area contributed by atoms with Crippen LogP contribution in [-0.2, 0) is 27.5 Å². The maximum absolute atomic E-state index is 12.5. The first-order valence-electron chi connectivity index (χ1n) is 22.2. The van der Waals surface area contributed by atoms with Crippen LogP contribution in [0.4, 0.5) is 0 Å². The Morgan fingerprint density at radius 1 is 0.537 bits per heavy atom. The molecule has 0 aromatic heterocycles. The summed E-state index contributed by atoms with van der Waals surface area (Å²) < 4.78 is 44.5. The maximum Gasteiger partial charge on any atom is 0.165 e. The Morgan fingerprint density at radius 2 is 1.09 bits per heavy atom. The van der Waals surface area contributed by atoms with Crippen molar-refractivity contribution in [2.45, 2.75) is 92.0 Å². The molecule has 6 aromatic carbocycles. The van der Waals surface area contributed by atoms with Gasteiger partial charge in [0.05, 0.1) is 37.9 Å². The quantitative estimate of drug-likeness (QED) is 0.0832. The van der Waals surface area contributed by atoms with Gasteiger partial charge in [-0.1, -0.05) is 70.2 Å². The number of hydrogen-bond acceptors (Lipinski definition) is 9. The van der Waals surface area contributed by atoms with Gasteiger partial charge in [-0.05, 0) is 91.1 Å². The van der Waals surface area contributed by atoms with Crippen molar-refractivity contribution in [3.05, 3.63) is 157 Å². The van der Waals surface area contributed by atoms with Crippen molar-refractivity contribution in [3.63, 3.8) is 0 Å². The van der Waals surface area contributed by atoms with Gasteiger partial charge in [0.2, 0.25) is 0 Å². The van der Waals surface area contributed by atoms with Crippen molar-refractivity contribution in [3.8, 4) is 51.7 Å². The molecule has 0 radical (unpaired) electrons. The van der Waals surface area contributed by atoms with Gasteiger partial charge in [0.25, 0.3) is 0 Å². The molecule has 0 saturated carbocycles. The zero-order valence-electron chi connectivity index (χ0n) is 38.8. The van der Waals surface area contributed by atoms with Gasteiger partial charge in [-0.15, -0.1) is 11.1 Å². The fourth-order valence-electron chi connectivity index (χ4n) is 10.6. The molecule has 0 bridgehead atoms. The third-order valence-electron chi connectivity index (χ3n) is 14.4.